The molecule has 0 aliphatic heterocycles. The fourth-order valence-electron chi connectivity index (χ4n) is 3.69. The van der Waals surface area contributed by atoms with E-state index in [9.17, 15) is 9.59 Å². The second-order valence-corrected chi connectivity index (χ2v) is 8.44. The molecule has 0 saturated heterocycles. The molecule has 0 aliphatic carbocycles. The highest BCUT2D eigenvalue weighted by Crippen LogP contribution is 2.14. The summed E-state index contributed by atoms with van der Waals surface area (Å²) in [6.45, 7) is 2.27. The van der Waals surface area contributed by atoms with Crippen molar-refractivity contribution in [2.24, 2.45) is 0 Å². The molecule has 0 amide bonds. The minimum Gasteiger partial charge on any atom is -0.478 e. The van der Waals surface area contributed by atoms with Gasteiger partial charge < -0.3 is 10.2 Å². The molecule has 0 aliphatic rings. The minimum atomic E-state index is -1.23. The van der Waals surface area contributed by atoms with Gasteiger partial charge in [-0.3, -0.25) is 0 Å². The van der Waals surface area contributed by atoms with Gasteiger partial charge in [-0.05, 0) is 12.8 Å². The van der Waals surface area contributed by atoms with Crippen molar-refractivity contribution in [2.45, 2.75) is 129 Å². The monoisotopic (exact) mass is 422 g/mol. The second-order valence-electron chi connectivity index (χ2n) is 8.44. The largest absolute Gasteiger partial charge is 0.478 e. The van der Waals surface area contributed by atoms with Gasteiger partial charge >= 0.3 is 11.9 Å². The predicted octanol–water partition coefficient (Wildman–Crippen LogP) is 8.07. The summed E-state index contributed by atoms with van der Waals surface area (Å²) in [5.74, 6) is -2.43. The van der Waals surface area contributed by atoms with Crippen molar-refractivity contribution in [3.63, 3.8) is 0 Å². The summed E-state index contributed by atoms with van der Waals surface area (Å²) in [7, 11) is 0. The van der Waals surface area contributed by atoms with E-state index in [0.29, 0.717) is 0 Å². The number of unbranched alkanes of at least 4 members (excludes halogenated alkanes) is 18. The van der Waals surface area contributed by atoms with Crippen molar-refractivity contribution in [3.8, 4) is 0 Å². The minimum absolute atomic E-state index is 0.176. The van der Waals surface area contributed by atoms with Gasteiger partial charge in [0.25, 0.3) is 0 Å². The average Bonchev–Trinajstić information content (AvgIpc) is 2.71. The Morgan fingerprint density at radius 3 is 1.30 bits per heavy atom. The van der Waals surface area contributed by atoms with Gasteiger partial charge in [-0.25, -0.2) is 9.59 Å². The number of allylic oxidation sites excluding steroid dienone is 1. The zero-order valence-corrected chi connectivity index (χ0v) is 19.4. The first-order valence-electron chi connectivity index (χ1n) is 12.4. The standard InChI is InChI=1S/C26H46O4/c1-2-3-4-5-6-7-8-9-10-11-12-13-14-15-16-17-18-19-20-21-22-24(26(29)30)23-25(27)28/h21-23H,2-20H2,1H3,(H,27,28)(H,29,30)/b22-21+,24-23-. The Kier molecular flexibility index (Phi) is 20.9. The van der Waals surface area contributed by atoms with Crippen molar-refractivity contribution in [2.75, 3.05) is 0 Å². The van der Waals surface area contributed by atoms with E-state index in [-0.39, 0.29) is 5.57 Å². The molecule has 30 heavy (non-hydrogen) atoms. The lowest BCUT2D eigenvalue weighted by atomic mass is 10.0. The Balaban J connectivity index is 3.32. The van der Waals surface area contributed by atoms with Gasteiger partial charge in [-0.2, -0.15) is 0 Å². The number of aliphatic carboxylic acids is 2. The van der Waals surface area contributed by atoms with Crippen LogP contribution < -0.4 is 0 Å². The van der Waals surface area contributed by atoms with Crippen LogP contribution in [0.5, 0.6) is 0 Å². The molecule has 0 bridgehead atoms. The van der Waals surface area contributed by atoms with Gasteiger partial charge in [0.1, 0.15) is 0 Å². The summed E-state index contributed by atoms with van der Waals surface area (Å²) < 4.78 is 0. The van der Waals surface area contributed by atoms with Crippen LogP contribution in [0.2, 0.25) is 0 Å². The molecule has 0 rings (SSSR count). The van der Waals surface area contributed by atoms with Gasteiger partial charge in [-0.15, -0.1) is 0 Å². The molecule has 0 aromatic heterocycles. The normalized spacial score (nSPS) is 12.0. The maximum atomic E-state index is 10.9. The van der Waals surface area contributed by atoms with E-state index in [1.807, 2.05) is 0 Å². The average molecular weight is 423 g/mol. The van der Waals surface area contributed by atoms with Crippen LogP contribution in [0.3, 0.4) is 0 Å². The van der Waals surface area contributed by atoms with Crippen LogP contribution in [-0.4, -0.2) is 22.2 Å². The highest BCUT2D eigenvalue weighted by molar-refractivity contribution is 5.96. The van der Waals surface area contributed by atoms with Crippen molar-refractivity contribution < 1.29 is 19.8 Å². The first kappa shape index (κ1) is 28.4. The van der Waals surface area contributed by atoms with Gasteiger partial charge in [0.2, 0.25) is 0 Å². The smallest absolute Gasteiger partial charge is 0.335 e. The molecular formula is C26H46O4. The number of hydrogen-bond donors (Lipinski definition) is 2. The highest BCUT2D eigenvalue weighted by atomic mass is 16.4. The molecule has 0 atom stereocenters. The van der Waals surface area contributed by atoms with E-state index in [0.717, 1.165) is 25.3 Å². The predicted molar refractivity (Wildman–Crippen MR) is 126 cm³/mol. The van der Waals surface area contributed by atoms with Crippen molar-refractivity contribution in [1.82, 2.24) is 0 Å². The summed E-state index contributed by atoms with van der Waals surface area (Å²) >= 11 is 0. The van der Waals surface area contributed by atoms with Gasteiger partial charge in [0.15, 0.2) is 0 Å². The molecule has 2 N–H and O–H groups in total. The van der Waals surface area contributed by atoms with Crippen molar-refractivity contribution >= 4 is 11.9 Å². The van der Waals surface area contributed by atoms with Gasteiger partial charge in [0.05, 0.1) is 5.57 Å². The third-order valence-corrected chi connectivity index (χ3v) is 5.55. The van der Waals surface area contributed by atoms with Crippen LogP contribution >= 0.6 is 0 Å². The Hall–Kier alpha value is -1.58. The van der Waals surface area contributed by atoms with Crippen LogP contribution in [0, 0.1) is 0 Å². The Labute approximate surface area is 184 Å². The zero-order chi connectivity index (χ0) is 22.3. The Morgan fingerprint density at radius 1 is 0.600 bits per heavy atom. The maximum absolute atomic E-state index is 10.9. The summed E-state index contributed by atoms with van der Waals surface area (Å²) in [6.07, 6.45) is 28.9. The third-order valence-electron chi connectivity index (χ3n) is 5.55. The van der Waals surface area contributed by atoms with Crippen molar-refractivity contribution in [1.29, 1.82) is 0 Å². The fourth-order valence-corrected chi connectivity index (χ4v) is 3.69. The molecular weight excluding hydrogens is 376 g/mol. The number of hydrogen-bond acceptors (Lipinski definition) is 2. The summed E-state index contributed by atoms with van der Waals surface area (Å²) in [5.41, 5.74) is -0.176. The summed E-state index contributed by atoms with van der Waals surface area (Å²) in [4.78, 5) is 21.4. The molecule has 4 heteroatoms. The Morgan fingerprint density at radius 2 is 0.967 bits per heavy atom. The van der Waals surface area contributed by atoms with E-state index in [1.54, 1.807) is 6.08 Å². The lowest BCUT2D eigenvalue weighted by Gasteiger charge is -2.03. The summed E-state index contributed by atoms with van der Waals surface area (Å²) in [6, 6.07) is 0. The van der Waals surface area contributed by atoms with E-state index in [2.05, 4.69) is 6.92 Å². The first-order valence-corrected chi connectivity index (χ1v) is 12.4. The molecule has 0 saturated carbocycles. The molecule has 174 valence electrons. The molecule has 0 spiro atoms. The number of carbonyl (C=O) groups is 2. The lowest BCUT2D eigenvalue weighted by molar-refractivity contribution is -0.134. The SMILES string of the molecule is CCCCCCCCCCCCCCCCCCCC/C=C/C(=C/C(=O)O)C(=O)O. The van der Waals surface area contributed by atoms with Crippen LogP contribution in [0.4, 0.5) is 0 Å². The van der Waals surface area contributed by atoms with E-state index < -0.39 is 11.9 Å². The number of carboxylic acids is 2. The van der Waals surface area contributed by atoms with Crippen LogP contribution in [0.1, 0.15) is 129 Å². The van der Waals surface area contributed by atoms with Crippen molar-refractivity contribution in [3.05, 3.63) is 23.8 Å². The molecule has 0 aromatic carbocycles. The van der Waals surface area contributed by atoms with E-state index >= 15 is 0 Å². The zero-order valence-electron chi connectivity index (χ0n) is 19.4. The highest BCUT2D eigenvalue weighted by Gasteiger charge is 2.04. The fraction of sp³-hybridized carbons (Fsp3) is 0.769. The molecule has 0 heterocycles. The van der Waals surface area contributed by atoms with Crippen LogP contribution in [0.25, 0.3) is 0 Å². The van der Waals surface area contributed by atoms with Gasteiger partial charge in [0, 0.05) is 6.08 Å². The molecule has 0 unspecified atom stereocenters. The maximum Gasteiger partial charge on any atom is 0.335 e. The second kappa shape index (κ2) is 22.1. The lowest BCUT2D eigenvalue weighted by Crippen LogP contribution is -2.01. The van der Waals surface area contributed by atoms with E-state index in [4.69, 9.17) is 10.2 Å². The third kappa shape index (κ3) is 21.1. The van der Waals surface area contributed by atoms with Crippen LogP contribution in [0.15, 0.2) is 23.8 Å². The molecule has 0 fully saturated rings. The van der Waals surface area contributed by atoms with E-state index in [1.165, 1.54) is 109 Å². The summed E-state index contributed by atoms with van der Waals surface area (Å²) in [5, 5.41) is 17.5. The molecule has 4 nitrogen and oxygen atoms in total. The quantitative estimate of drug-likeness (QED) is 0.105. The molecule has 0 radical (unpaired) electrons. The Bertz CT molecular complexity index is 479. The first-order chi connectivity index (χ1) is 14.6. The van der Waals surface area contributed by atoms with Crippen LogP contribution in [-0.2, 0) is 9.59 Å². The topological polar surface area (TPSA) is 74.6 Å². The van der Waals surface area contributed by atoms with Gasteiger partial charge in [-0.1, -0.05) is 128 Å². The number of rotatable bonds is 22. The molecule has 0 aromatic rings. The number of carboxylic acid groups (broad SMARTS) is 2.